The second-order valence-corrected chi connectivity index (χ2v) is 2.69. The molecule has 0 bridgehead atoms. The van der Waals surface area contributed by atoms with Crippen molar-refractivity contribution in [3.05, 3.63) is 35.9 Å². The first-order valence-electron chi connectivity index (χ1n) is 3.93. The lowest BCUT2D eigenvalue weighted by Gasteiger charge is -2.05. The summed E-state index contributed by atoms with van der Waals surface area (Å²) >= 11 is 0. The van der Waals surface area contributed by atoms with Crippen LogP contribution in [0.25, 0.3) is 6.08 Å². The van der Waals surface area contributed by atoms with Gasteiger partial charge in [0.05, 0.1) is 0 Å². The van der Waals surface area contributed by atoms with Gasteiger partial charge in [-0.05, 0) is 30.3 Å². The average Bonchev–Trinajstić information content (AvgIpc) is 2.05. The van der Waals surface area contributed by atoms with Crippen molar-refractivity contribution in [2.24, 2.45) is 0 Å². The minimum atomic E-state index is 0.797. The first-order chi connectivity index (χ1) is 5.77. The van der Waals surface area contributed by atoms with Crippen molar-refractivity contribution in [2.45, 2.75) is 6.54 Å². The zero-order valence-corrected chi connectivity index (χ0v) is 7.30. The Labute approximate surface area is 73.1 Å². The molecule has 0 aliphatic rings. The van der Waals surface area contributed by atoms with Gasteiger partial charge in [0, 0.05) is 12.2 Å². The lowest BCUT2D eigenvalue weighted by molar-refractivity contribution is 0.817. The van der Waals surface area contributed by atoms with Crippen molar-refractivity contribution in [3.63, 3.8) is 0 Å². The van der Waals surface area contributed by atoms with E-state index in [2.05, 4.69) is 11.9 Å². The van der Waals surface area contributed by atoms with Crippen LogP contribution in [0.3, 0.4) is 0 Å². The maximum Gasteiger partial charge on any atom is 0.0317 e. The van der Waals surface area contributed by atoms with E-state index in [0.29, 0.717) is 0 Å². The first kappa shape index (κ1) is 8.81. The number of nitrogens with one attached hydrogen (secondary N) is 1. The van der Waals surface area contributed by atoms with Crippen LogP contribution >= 0.6 is 0 Å². The van der Waals surface area contributed by atoms with Crippen molar-refractivity contribution in [2.75, 3.05) is 12.8 Å². The summed E-state index contributed by atoms with van der Waals surface area (Å²) in [4.78, 5) is 0. The Morgan fingerprint density at radius 1 is 1.58 bits per heavy atom. The van der Waals surface area contributed by atoms with Gasteiger partial charge in [0.25, 0.3) is 0 Å². The predicted molar refractivity (Wildman–Crippen MR) is 53.7 cm³/mol. The fraction of sp³-hybridized carbons (Fsp3) is 0.200. The monoisotopic (exact) mass is 162 g/mol. The van der Waals surface area contributed by atoms with E-state index in [9.17, 15) is 0 Å². The van der Waals surface area contributed by atoms with Crippen molar-refractivity contribution < 1.29 is 0 Å². The highest BCUT2D eigenvalue weighted by atomic mass is 14.8. The molecule has 0 aliphatic heterocycles. The third kappa shape index (κ3) is 1.86. The fourth-order valence-corrected chi connectivity index (χ4v) is 1.17. The summed E-state index contributed by atoms with van der Waals surface area (Å²) in [5.41, 5.74) is 8.77. The van der Waals surface area contributed by atoms with Crippen LogP contribution in [0.4, 0.5) is 5.69 Å². The molecule has 0 aliphatic carbocycles. The number of hydrogen-bond acceptors (Lipinski definition) is 2. The molecule has 0 saturated heterocycles. The van der Waals surface area contributed by atoms with E-state index >= 15 is 0 Å². The quantitative estimate of drug-likeness (QED) is 0.663. The number of anilines is 1. The molecule has 12 heavy (non-hydrogen) atoms. The number of nitrogen functional groups attached to an aromatic ring is 1. The summed E-state index contributed by atoms with van der Waals surface area (Å²) in [6, 6.07) is 5.83. The Morgan fingerprint density at radius 2 is 2.33 bits per heavy atom. The molecule has 0 saturated carbocycles. The number of rotatable bonds is 3. The molecule has 64 valence electrons. The smallest absolute Gasteiger partial charge is 0.0317 e. The summed E-state index contributed by atoms with van der Waals surface area (Å²) in [6.45, 7) is 4.56. The third-order valence-electron chi connectivity index (χ3n) is 1.75. The molecule has 0 heterocycles. The molecule has 2 heteroatoms. The van der Waals surface area contributed by atoms with E-state index in [-0.39, 0.29) is 0 Å². The molecule has 0 aromatic heterocycles. The van der Waals surface area contributed by atoms with E-state index < -0.39 is 0 Å². The first-order valence-corrected chi connectivity index (χ1v) is 3.93. The summed E-state index contributed by atoms with van der Waals surface area (Å²) < 4.78 is 0. The Bertz CT molecular complexity index is 279. The van der Waals surface area contributed by atoms with Gasteiger partial charge in [0.1, 0.15) is 0 Å². The van der Waals surface area contributed by atoms with Gasteiger partial charge in [-0.1, -0.05) is 18.7 Å². The summed E-state index contributed by atoms with van der Waals surface area (Å²) in [7, 11) is 1.91. The number of hydrogen-bond donors (Lipinski definition) is 2. The molecular formula is C10H14N2. The molecule has 0 fully saturated rings. The maximum absolute atomic E-state index is 5.65. The fourth-order valence-electron chi connectivity index (χ4n) is 1.17. The molecule has 0 atom stereocenters. The van der Waals surface area contributed by atoms with Crippen molar-refractivity contribution in [1.29, 1.82) is 0 Å². The molecule has 0 amide bonds. The minimum Gasteiger partial charge on any atom is -0.399 e. The van der Waals surface area contributed by atoms with Gasteiger partial charge in [-0.2, -0.15) is 0 Å². The molecule has 1 aromatic rings. The number of nitrogens with two attached hydrogens (primary N) is 1. The predicted octanol–water partition coefficient (Wildman–Crippen LogP) is 1.63. The van der Waals surface area contributed by atoms with Crippen LogP contribution in [0.15, 0.2) is 24.8 Å². The van der Waals surface area contributed by atoms with Crippen LogP contribution in [0.5, 0.6) is 0 Å². The van der Waals surface area contributed by atoms with Gasteiger partial charge >= 0.3 is 0 Å². The van der Waals surface area contributed by atoms with Crippen LogP contribution in [-0.2, 0) is 6.54 Å². The lowest BCUT2D eigenvalue weighted by Crippen LogP contribution is -2.06. The van der Waals surface area contributed by atoms with Gasteiger partial charge in [-0.25, -0.2) is 0 Å². The molecule has 1 rings (SSSR count). The zero-order valence-electron chi connectivity index (χ0n) is 7.30. The highest BCUT2D eigenvalue weighted by molar-refractivity contribution is 5.57. The summed E-state index contributed by atoms with van der Waals surface area (Å²) in [5, 5.41) is 3.08. The van der Waals surface area contributed by atoms with E-state index in [1.165, 1.54) is 5.56 Å². The highest BCUT2D eigenvalue weighted by Gasteiger charge is 1.97. The average molecular weight is 162 g/mol. The highest BCUT2D eigenvalue weighted by Crippen LogP contribution is 2.14. The van der Waals surface area contributed by atoms with Gasteiger partial charge in [-0.15, -0.1) is 0 Å². The van der Waals surface area contributed by atoms with Crippen molar-refractivity contribution in [1.82, 2.24) is 5.32 Å². The summed E-state index contributed by atoms with van der Waals surface area (Å²) in [5.74, 6) is 0. The SMILES string of the molecule is C=Cc1ccc(N)cc1CNC. The number of benzene rings is 1. The zero-order chi connectivity index (χ0) is 8.97. The van der Waals surface area contributed by atoms with Gasteiger partial charge in [0.15, 0.2) is 0 Å². The van der Waals surface area contributed by atoms with Gasteiger partial charge in [0.2, 0.25) is 0 Å². The molecule has 0 spiro atoms. The Hall–Kier alpha value is -1.28. The van der Waals surface area contributed by atoms with Crippen molar-refractivity contribution in [3.8, 4) is 0 Å². The topological polar surface area (TPSA) is 38.0 Å². The Balaban J connectivity index is 3.03. The largest absolute Gasteiger partial charge is 0.399 e. The third-order valence-corrected chi connectivity index (χ3v) is 1.75. The molecular weight excluding hydrogens is 148 g/mol. The standard InChI is InChI=1S/C10H14N2/c1-3-8-4-5-10(11)6-9(8)7-12-2/h3-6,12H,1,7,11H2,2H3. The molecule has 0 unspecified atom stereocenters. The van der Waals surface area contributed by atoms with E-state index in [4.69, 9.17) is 5.73 Å². The van der Waals surface area contributed by atoms with Crippen LogP contribution in [0, 0.1) is 0 Å². The summed E-state index contributed by atoms with van der Waals surface area (Å²) in [6.07, 6.45) is 1.84. The molecule has 1 aromatic carbocycles. The Morgan fingerprint density at radius 3 is 2.92 bits per heavy atom. The lowest BCUT2D eigenvalue weighted by atomic mass is 10.1. The second kappa shape index (κ2) is 3.93. The second-order valence-electron chi connectivity index (χ2n) is 2.69. The van der Waals surface area contributed by atoms with Gasteiger partial charge < -0.3 is 11.1 Å². The minimum absolute atomic E-state index is 0.797. The van der Waals surface area contributed by atoms with E-state index in [1.807, 2.05) is 31.3 Å². The molecule has 2 nitrogen and oxygen atoms in total. The maximum atomic E-state index is 5.65. The van der Waals surface area contributed by atoms with Gasteiger partial charge in [-0.3, -0.25) is 0 Å². The van der Waals surface area contributed by atoms with Crippen LogP contribution in [-0.4, -0.2) is 7.05 Å². The normalized spacial score (nSPS) is 9.75. The molecule has 3 N–H and O–H groups in total. The van der Waals surface area contributed by atoms with E-state index in [0.717, 1.165) is 17.8 Å². The van der Waals surface area contributed by atoms with Crippen LogP contribution in [0.1, 0.15) is 11.1 Å². The van der Waals surface area contributed by atoms with Crippen LogP contribution < -0.4 is 11.1 Å². The Kier molecular flexibility index (Phi) is 2.88. The molecule has 0 radical (unpaired) electrons. The van der Waals surface area contributed by atoms with Crippen LogP contribution in [0.2, 0.25) is 0 Å². The van der Waals surface area contributed by atoms with Crippen molar-refractivity contribution >= 4 is 11.8 Å². The van der Waals surface area contributed by atoms with E-state index in [1.54, 1.807) is 0 Å².